The maximum atomic E-state index is 11.8. The molecule has 4 unspecified atom stereocenters. The first-order valence-corrected chi connectivity index (χ1v) is 8.37. The van der Waals surface area contributed by atoms with E-state index in [-0.39, 0.29) is 24.1 Å². The van der Waals surface area contributed by atoms with E-state index in [0.717, 1.165) is 12.8 Å². The van der Waals surface area contributed by atoms with Gasteiger partial charge < -0.3 is 9.47 Å². The maximum Gasteiger partial charge on any atom is 0.309 e. The van der Waals surface area contributed by atoms with Gasteiger partial charge in [0, 0.05) is 3.92 Å². The maximum absolute atomic E-state index is 11.8. The molecule has 4 atom stereocenters. The summed E-state index contributed by atoms with van der Waals surface area (Å²) in [5, 5.41) is 0. The van der Waals surface area contributed by atoms with Gasteiger partial charge in [-0.05, 0) is 32.3 Å². The van der Waals surface area contributed by atoms with Gasteiger partial charge in [0.05, 0.1) is 24.7 Å². The van der Waals surface area contributed by atoms with E-state index in [4.69, 9.17) is 9.47 Å². The molecular weight excluding hydrogens is 367 g/mol. The largest absolute Gasteiger partial charge is 0.466 e. The van der Waals surface area contributed by atoms with Crippen molar-refractivity contribution in [1.82, 2.24) is 0 Å². The highest BCUT2D eigenvalue weighted by Crippen LogP contribution is 2.37. The number of rotatable bonds is 5. The minimum absolute atomic E-state index is 0.00942. The number of carbonyl (C=O) groups excluding carboxylic acids is 1. The molecule has 110 valence electrons. The first-order valence-electron chi connectivity index (χ1n) is 7.13. The molecule has 0 aromatic heterocycles. The molecule has 4 heteroatoms. The van der Waals surface area contributed by atoms with Crippen LogP contribution in [-0.2, 0) is 14.3 Å². The number of benzene rings is 1. The molecule has 0 aliphatic heterocycles. The molecule has 1 aromatic rings. The van der Waals surface area contributed by atoms with E-state index in [9.17, 15) is 4.79 Å². The highest BCUT2D eigenvalue weighted by molar-refractivity contribution is 14.1. The van der Waals surface area contributed by atoms with Gasteiger partial charge in [-0.25, -0.2) is 0 Å². The summed E-state index contributed by atoms with van der Waals surface area (Å²) in [5.74, 6) is -0.0857. The minimum atomic E-state index is -0.0763. The Bertz CT molecular complexity index is 435. The molecule has 1 saturated carbocycles. The Morgan fingerprint density at radius 3 is 2.70 bits per heavy atom. The lowest BCUT2D eigenvalue weighted by molar-refractivity contribution is -0.148. The van der Waals surface area contributed by atoms with Crippen molar-refractivity contribution in [2.24, 2.45) is 5.92 Å². The monoisotopic (exact) mass is 388 g/mol. The summed E-state index contributed by atoms with van der Waals surface area (Å²) in [7, 11) is 0. The molecule has 3 nitrogen and oxygen atoms in total. The van der Waals surface area contributed by atoms with Crippen molar-refractivity contribution in [1.29, 1.82) is 0 Å². The smallest absolute Gasteiger partial charge is 0.309 e. The molecule has 20 heavy (non-hydrogen) atoms. The van der Waals surface area contributed by atoms with Gasteiger partial charge in [0.2, 0.25) is 0 Å². The number of esters is 1. The van der Waals surface area contributed by atoms with Crippen molar-refractivity contribution in [3.8, 4) is 0 Å². The average Bonchev–Trinajstić information content (AvgIpc) is 2.81. The minimum Gasteiger partial charge on any atom is -0.466 e. The molecule has 0 spiro atoms. The van der Waals surface area contributed by atoms with Gasteiger partial charge in [-0.1, -0.05) is 52.9 Å². The lowest BCUT2D eigenvalue weighted by atomic mass is 10.1. The second-order valence-corrected chi connectivity index (χ2v) is 6.76. The number of halogens is 1. The molecule has 1 aromatic carbocycles. The Hall–Kier alpha value is -0.620. The Morgan fingerprint density at radius 2 is 2.05 bits per heavy atom. The molecule has 1 fully saturated rings. The van der Waals surface area contributed by atoms with Crippen LogP contribution in [0.15, 0.2) is 30.3 Å². The molecule has 1 aliphatic rings. The fourth-order valence-electron chi connectivity index (χ4n) is 2.61. The van der Waals surface area contributed by atoms with Crippen LogP contribution in [0.5, 0.6) is 0 Å². The van der Waals surface area contributed by atoms with Crippen LogP contribution in [0.25, 0.3) is 0 Å². The third-order valence-corrected chi connectivity index (χ3v) is 5.01. The summed E-state index contributed by atoms with van der Waals surface area (Å²) in [6.45, 7) is 4.36. The van der Waals surface area contributed by atoms with Gasteiger partial charge in [-0.15, -0.1) is 0 Å². The summed E-state index contributed by atoms with van der Waals surface area (Å²) in [6, 6.07) is 10.2. The van der Waals surface area contributed by atoms with E-state index in [1.807, 2.05) is 25.1 Å². The van der Waals surface area contributed by atoms with Crippen LogP contribution in [0, 0.1) is 5.92 Å². The van der Waals surface area contributed by atoms with E-state index < -0.39 is 0 Å². The van der Waals surface area contributed by atoms with Gasteiger partial charge in [0.15, 0.2) is 0 Å². The first-order chi connectivity index (χ1) is 9.61. The zero-order valence-corrected chi connectivity index (χ0v) is 14.1. The first kappa shape index (κ1) is 15.8. The summed E-state index contributed by atoms with van der Waals surface area (Å²) in [4.78, 5) is 11.8. The SMILES string of the molecule is CCOC(=O)C1CC(I)C(OC(C)c2ccccc2)C1. The molecule has 0 bridgehead atoms. The lowest BCUT2D eigenvalue weighted by Gasteiger charge is -2.21. The lowest BCUT2D eigenvalue weighted by Crippen LogP contribution is -2.20. The predicted octanol–water partition coefficient (Wildman–Crippen LogP) is 3.91. The quantitative estimate of drug-likeness (QED) is 0.436. The fraction of sp³-hybridized carbons (Fsp3) is 0.562. The predicted molar refractivity (Wildman–Crippen MR) is 86.9 cm³/mol. The van der Waals surface area contributed by atoms with Gasteiger partial charge in [0.25, 0.3) is 0 Å². The molecule has 2 rings (SSSR count). The Balaban J connectivity index is 1.92. The third kappa shape index (κ3) is 3.95. The number of hydrogen-bond acceptors (Lipinski definition) is 3. The van der Waals surface area contributed by atoms with Crippen molar-refractivity contribution in [3.05, 3.63) is 35.9 Å². The number of alkyl halides is 1. The van der Waals surface area contributed by atoms with Crippen LogP contribution in [0.4, 0.5) is 0 Å². The standard InChI is InChI=1S/C16H21IO3/c1-3-19-16(18)13-9-14(17)15(10-13)20-11(2)12-7-5-4-6-8-12/h4-8,11,13-15H,3,9-10H2,1-2H3. The van der Waals surface area contributed by atoms with Gasteiger partial charge in [-0.2, -0.15) is 0 Å². The Kier molecular flexibility index (Phi) is 5.84. The van der Waals surface area contributed by atoms with E-state index in [1.54, 1.807) is 0 Å². The van der Waals surface area contributed by atoms with E-state index >= 15 is 0 Å². The highest BCUT2D eigenvalue weighted by atomic mass is 127. The molecule has 0 radical (unpaired) electrons. The third-order valence-electron chi connectivity index (χ3n) is 3.70. The van der Waals surface area contributed by atoms with Gasteiger partial charge >= 0.3 is 5.97 Å². The molecule has 1 aliphatic carbocycles. The molecule has 0 N–H and O–H groups in total. The molecular formula is C16H21IO3. The van der Waals surface area contributed by atoms with Crippen LogP contribution in [-0.4, -0.2) is 22.6 Å². The molecule has 0 heterocycles. The van der Waals surface area contributed by atoms with Crippen LogP contribution in [0.3, 0.4) is 0 Å². The van der Waals surface area contributed by atoms with E-state index in [0.29, 0.717) is 10.5 Å². The summed E-state index contributed by atoms with van der Waals surface area (Å²) in [6.07, 6.45) is 1.80. The topological polar surface area (TPSA) is 35.5 Å². The van der Waals surface area contributed by atoms with Crippen molar-refractivity contribution < 1.29 is 14.3 Å². The van der Waals surface area contributed by atoms with E-state index in [1.165, 1.54) is 5.56 Å². The van der Waals surface area contributed by atoms with Crippen molar-refractivity contribution >= 4 is 28.6 Å². The van der Waals surface area contributed by atoms with Crippen molar-refractivity contribution in [2.75, 3.05) is 6.61 Å². The average molecular weight is 388 g/mol. The van der Waals surface area contributed by atoms with Crippen LogP contribution in [0.2, 0.25) is 0 Å². The molecule has 0 amide bonds. The van der Waals surface area contributed by atoms with Crippen molar-refractivity contribution in [3.63, 3.8) is 0 Å². The summed E-state index contributed by atoms with van der Waals surface area (Å²) >= 11 is 2.39. The normalized spacial score (nSPS) is 27.2. The summed E-state index contributed by atoms with van der Waals surface area (Å²) in [5.41, 5.74) is 1.18. The fourth-order valence-corrected chi connectivity index (χ4v) is 3.68. The number of hydrogen-bond donors (Lipinski definition) is 0. The Labute approximate surface area is 134 Å². The highest BCUT2D eigenvalue weighted by Gasteiger charge is 2.38. The van der Waals surface area contributed by atoms with Crippen LogP contribution in [0.1, 0.15) is 38.4 Å². The van der Waals surface area contributed by atoms with E-state index in [2.05, 4.69) is 41.6 Å². The zero-order valence-electron chi connectivity index (χ0n) is 11.9. The second-order valence-electron chi connectivity index (χ2n) is 5.16. The Morgan fingerprint density at radius 1 is 1.35 bits per heavy atom. The zero-order chi connectivity index (χ0) is 14.5. The number of ether oxygens (including phenoxy) is 2. The van der Waals surface area contributed by atoms with Gasteiger partial charge in [-0.3, -0.25) is 4.79 Å². The van der Waals surface area contributed by atoms with Crippen molar-refractivity contribution in [2.45, 2.75) is 42.8 Å². The van der Waals surface area contributed by atoms with Crippen LogP contribution >= 0.6 is 22.6 Å². The van der Waals surface area contributed by atoms with Gasteiger partial charge in [0.1, 0.15) is 0 Å². The number of carbonyl (C=O) groups is 1. The summed E-state index contributed by atoms with van der Waals surface area (Å²) < 4.78 is 11.6. The second kappa shape index (κ2) is 7.41. The van der Waals surface area contributed by atoms with Crippen LogP contribution < -0.4 is 0 Å². The molecule has 0 saturated heterocycles.